The summed E-state index contributed by atoms with van der Waals surface area (Å²) >= 11 is 0. The summed E-state index contributed by atoms with van der Waals surface area (Å²) in [7, 11) is 0. The number of nitrogens with one attached hydrogen (secondary N) is 1. The predicted molar refractivity (Wildman–Crippen MR) is 66.8 cm³/mol. The third-order valence-electron chi connectivity index (χ3n) is 3.87. The molecule has 1 fully saturated rings. The van der Waals surface area contributed by atoms with E-state index in [2.05, 4.69) is 34.5 Å². The van der Waals surface area contributed by atoms with Crippen LogP contribution in [0.5, 0.6) is 0 Å². The molecule has 1 unspecified atom stereocenters. The molecule has 3 rings (SSSR count). The maximum Gasteiger partial charge on any atom is 0.114 e. The Morgan fingerprint density at radius 3 is 3.06 bits per heavy atom. The molecule has 2 aliphatic rings. The number of fused-ring (bicyclic) bond motifs is 1. The second kappa shape index (κ2) is 4.75. The van der Waals surface area contributed by atoms with Crippen molar-refractivity contribution < 1.29 is 4.39 Å². The van der Waals surface area contributed by atoms with Gasteiger partial charge in [0.1, 0.15) is 6.17 Å². The van der Waals surface area contributed by atoms with Crippen LogP contribution in [0, 0.1) is 0 Å². The maximum atomic E-state index is 13.2. The molecule has 17 heavy (non-hydrogen) atoms. The summed E-state index contributed by atoms with van der Waals surface area (Å²) in [4.78, 5) is 2.24. The first-order valence-corrected chi connectivity index (χ1v) is 6.50. The molecule has 1 N–H and O–H groups in total. The van der Waals surface area contributed by atoms with Crippen molar-refractivity contribution in [1.82, 2.24) is 10.2 Å². The molecule has 0 saturated carbocycles. The average Bonchev–Trinajstić information content (AvgIpc) is 2.75. The van der Waals surface area contributed by atoms with Crippen LogP contribution < -0.4 is 5.32 Å². The number of likely N-dealkylation sites (tertiary alicyclic amines) is 1. The summed E-state index contributed by atoms with van der Waals surface area (Å²) in [5, 5.41) is 3.55. The largest absolute Gasteiger partial charge is 0.309 e. The van der Waals surface area contributed by atoms with E-state index in [9.17, 15) is 4.39 Å². The van der Waals surface area contributed by atoms with Gasteiger partial charge in [0.15, 0.2) is 0 Å². The van der Waals surface area contributed by atoms with Crippen LogP contribution in [-0.2, 0) is 6.42 Å². The number of alkyl halides is 1. The zero-order valence-electron chi connectivity index (χ0n) is 10.0. The van der Waals surface area contributed by atoms with Crippen LogP contribution in [0.3, 0.4) is 0 Å². The lowest BCUT2D eigenvalue weighted by Gasteiger charge is -2.30. The first kappa shape index (κ1) is 11.2. The third kappa shape index (κ3) is 2.35. The second-order valence-corrected chi connectivity index (χ2v) is 5.10. The van der Waals surface area contributed by atoms with Gasteiger partial charge in [0, 0.05) is 25.7 Å². The van der Waals surface area contributed by atoms with E-state index in [-0.39, 0.29) is 0 Å². The van der Waals surface area contributed by atoms with Crippen molar-refractivity contribution in [1.29, 1.82) is 0 Å². The predicted octanol–water partition coefficient (Wildman–Crippen LogP) is 1.92. The molecule has 0 aromatic heterocycles. The number of benzene rings is 1. The Bertz CT molecular complexity index is 394. The first-order chi connectivity index (χ1) is 8.33. The maximum absolute atomic E-state index is 13.2. The zero-order valence-corrected chi connectivity index (χ0v) is 10.0. The van der Waals surface area contributed by atoms with Crippen LogP contribution in [0.25, 0.3) is 0 Å². The molecule has 2 nitrogen and oxygen atoms in total. The molecule has 1 saturated heterocycles. The Morgan fingerprint density at radius 2 is 2.24 bits per heavy atom. The van der Waals surface area contributed by atoms with Gasteiger partial charge in [-0.3, -0.25) is 4.90 Å². The van der Waals surface area contributed by atoms with E-state index in [0.29, 0.717) is 19.0 Å². The van der Waals surface area contributed by atoms with Gasteiger partial charge in [-0.1, -0.05) is 24.3 Å². The highest BCUT2D eigenvalue weighted by Gasteiger charge is 2.26. The molecule has 2 atom stereocenters. The van der Waals surface area contributed by atoms with Crippen molar-refractivity contribution in [3.63, 3.8) is 0 Å². The standard InChI is InChI=1S/C14H19FN2/c15-12-6-8-17(9-12)10-14-13-4-2-1-3-11(13)5-7-16-14/h1-4,12,14,16H,5-10H2/t12-,14?/m0/s1. The minimum atomic E-state index is -0.617. The van der Waals surface area contributed by atoms with E-state index >= 15 is 0 Å². The summed E-state index contributed by atoms with van der Waals surface area (Å²) in [6, 6.07) is 9.00. The molecular formula is C14H19FN2. The molecule has 0 radical (unpaired) electrons. The molecule has 1 aromatic carbocycles. The van der Waals surface area contributed by atoms with Crippen molar-refractivity contribution >= 4 is 0 Å². The van der Waals surface area contributed by atoms with E-state index in [4.69, 9.17) is 0 Å². The van der Waals surface area contributed by atoms with E-state index in [1.807, 2.05) is 0 Å². The fourth-order valence-corrected chi connectivity index (χ4v) is 2.97. The molecule has 1 aromatic rings. The third-order valence-corrected chi connectivity index (χ3v) is 3.87. The Kier molecular flexibility index (Phi) is 3.12. The van der Waals surface area contributed by atoms with E-state index in [0.717, 1.165) is 26.1 Å². The Hall–Kier alpha value is -0.930. The van der Waals surface area contributed by atoms with Gasteiger partial charge >= 0.3 is 0 Å². The highest BCUT2D eigenvalue weighted by Crippen LogP contribution is 2.25. The molecule has 2 aliphatic heterocycles. The number of hydrogen-bond acceptors (Lipinski definition) is 2. The highest BCUT2D eigenvalue weighted by molar-refractivity contribution is 5.32. The van der Waals surface area contributed by atoms with E-state index in [1.54, 1.807) is 0 Å². The van der Waals surface area contributed by atoms with Gasteiger partial charge in [0.2, 0.25) is 0 Å². The number of hydrogen-bond donors (Lipinski definition) is 1. The van der Waals surface area contributed by atoms with E-state index in [1.165, 1.54) is 11.1 Å². The molecular weight excluding hydrogens is 215 g/mol. The Morgan fingerprint density at radius 1 is 1.35 bits per heavy atom. The number of halogens is 1. The molecule has 92 valence electrons. The normalized spacial score (nSPS) is 29.2. The van der Waals surface area contributed by atoms with Crippen LogP contribution in [0.2, 0.25) is 0 Å². The Labute approximate surface area is 102 Å². The molecule has 0 spiro atoms. The van der Waals surface area contributed by atoms with Gasteiger partial charge < -0.3 is 5.32 Å². The minimum Gasteiger partial charge on any atom is -0.309 e. The first-order valence-electron chi connectivity index (χ1n) is 6.50. The van der Waals surface area contributed by atoms with Crippen LogP contribution in [0.1, 0.15) is 23.6 Å². The van der Waals surface area contributed by atoms with Crippen molar-refractivity contribution in [2.75, 3.05) is 26.2 Å². The fourth-order valence-electron chi connectivity index (χ4n) is 2.97. The van der Waals surface area contributed by atoms with Gasteiger partial charge in [-0.25, -0.2) is 4.39 Å². The minimum absolute atomic E-state index is 0.380. The summed E-state index contributed by atoms with van der Waals surface area (Å²) in [5.41, 5.74) is 2.85. The van der Waals surface area contributed by atoms with Gasteiger partial charge in [-0.15, -0.1) is 0 Å². The van der Waals surface area contributed by atoms with Gasteiger partial charge in [0.25, 0.3) is 0 Å². The SMILES string of the molecule is F[C@H]1CCN(CC2NCCc3ccccc32)C1. The van der Waals surface area contributed by atoms with Crippen molar-refractivity contribution in [2.24, 2.45) is 0 Å². The summed E-state index contributed by atoms with van der Waals surface area (Å²) < 4.78 is 13.2. The molecule has 3 heteroatoms. The quantitative estimate of drug-likeness (QED) is 0.841. The second-order valence-electron chi connectivity index (χ2n) is 5.10. The summed E-state index contributed by atoms with van der Waals surface area (Å²) in [6.45, 7) is 3.49. The van der Waals surface area contributed by atoms with Gasteiger partial charge in [-0.2, -0.15) is 0 Å². The lowest BCUT2D eigenvalue weighted by molar-refractivity contribution is 0.258. The zero-order chi connectivity index (χ0) is 11.7. The van der Waals surface area contributed by atoms with Crippen molar-refractivity contribution in [2.45, 2.75) is 25.1 Å². The number of nitrogens with zero attached hydrogens (tertiary/aromatic N) is 1. The average molecular weight is 234 g/mol. The summed E-state index contributed by atoms with van der Waals surface area (Å²) in [5.74, 6) is 0. The van der Waals surface area contributed by atoms with Crippen LogP contribution in [0.4, 0.5) is 4.39 Å². The fraction of sp³-hybridized carbons (Fsp3) is 0.571. The molecule has 2 heterocycles. The Balaban J connectivity index is 1.72. The van der Waals surface area contributed by atoms with Gasteiger partial charge in [0.05, 0.1) is 0 Å². The molecule has 0 aliphatic carbocycles. The van der Waals surface area contributed by atoms with E-state index < -0.39 is 6.17 Å². The lowest BCUT2D eigenvalue weighted by Crippen LogP contribution is -2.38. The smallest absolute Gasteiger partial charge is 0.114 e. The summed E-state index contributed by atoms with van der Waals surface area (Å²) in [6.07, 6.45) is 1.20. The monoisotopic (exact) mass is 234 g/mol. The topological polar surface area (TPSA) is 15.3 Å². The van der Waals surface area contributed by atoms with Crippen LogP contribution in [0.15, 0.2) is 24.3 Å². The molecule has 0 amide bonds. The lowest BCUT2D eigenvalue weighted by atomic mass is 9.94. The van der Waals surface area contributed by atoms with Crippen LogP contribution >= 0.6 is 0 Å². The number of rotatable bonds is 2. The van der Waals surface area contributed by atoms with Gasteiger partial charge in [-0.05, 0) is 30.5 Å². The highest BCUT2D eigenvalue weighted by atomic mass is 19.1. The van der Waals surface area contributed by atoms with Crippen molar-refractivity contribution in [3.8, 4) is 0 Å². The molecule has 0 bridgehead atoms. The van der Waals surface area contributed by atoms with Crippen LogP contribution in [-0.4, -0.2) is 37.3 Å². The van der Waals surface area contributed by atoms with Crippen molar-refractivity contribution in [3.05, 3.63) is 35.4 Å².